The average Bonchev–Trinajstić information content (AvgIpc) is 3.21. The maximum atomic E-state index is 13.1. The minimum atomic E-state index is -0.607. The summed E-state index contributed by atoms with van der Waals surface area (Å²) in [4.78, 5) is 41.7. The van der Waals surface area contributed by atoms with E-state index in [1.54, 1.807) is 24.3 Å². The lowest BCUT2D eigenvalue weighted by molar-refractivity contribution is -0.144. The third-order valence-electron chi connectivity index (χ3n) is 6.66. The second-order valence-corrected chi connectivity index (χ2v) is 10.6. The molecule has 8 heteroatoms. The third-order valence-corrected chi connectivity index (χ3v) is 6.66. The first-order chi connectivity index (χ1) is 17.1. The van der Waals surface area contributed by atoms with Crippen LogP contribution in [0.4, 0.5) is 4.79 Å². The van der Waals surface area contributed by atoms with Gasteiger partial charge >= 0.3 is 6.09 Å². The van der Waals surface area contributed by atoms with Crippen LogP contribution in [0.25, 0.3) is 0 Å². The molecule has 2 fully saturated rings. The SMILES string of the molecule is C=CCOc1ccccc1C(=O)NC1CCCC12CN(C(=O)CCN(CC=C)C(=O)OC(C)(C)C)C2. The van der Waals surface area contributed by atoms with Gasteiger partial charge in [0.05, 0.1) is 5.56 Å². The summed E-state index contributed by atoms with van der Waals surface area (Å²) in [6.07, 6.45) is 5.89. The predicted molar refractivity (Wildman–Crippen MR) is 139 cm³/mol. The summed E-state index contributed by atoms with van der Waals surface area (Å²) in [6.45, 7) is 14.9. The Balaban J connectivity index is 1.55. The van der Waals surface area contributed by atoms with Crippen molar-refractivity contribution in [2.75, 3.05) is 32.8 Å². The Kier molecular flexibility index (Phi) is 8.82. The van der Waals surface area contributed by atoms with Gasteiger partial charge in [0.2, 0.25) is 5.91 Å². The molecule has 1 aromatic rings. The molecule has 0 aromatic heterocycles. The maximum Gasteiger partial charge on any atom is 0.410 e. The summed E-state index contributed by atoms with van der Waals surface area (Å²) < 4.78 is 11.1. The number of benzene rings is 1. The minimum Gasteiger partial charge on any atom is -0.489 e. The molecule has 1 spiro atoms. The summed E-state index contributed by atoms with van der Waals surface area (Å²) >= 11 is 0. The summed E-state index contributed by atoms with van der Waals surface area (Å²) in [5, 5.41) is 3.20. The molecule has 1 N–H and O–H groups in total. The quantitative estimate of drug-likeness (QED) is 0.490. The molecule has 1 saturated carbocycles. The van der Waals surface area contributed by atoms with Crippen molar-refractivity contribution in [1.82, 2.24) is 15.1 Å². The first-order valence-corrected chi connectivity index (χ1v) is 12.6. The van der Waals surface area contributed by atoms with Crippen LogP contribution in [0.5, 0.6) is 5.75 Å². The van der Waals surface area contributed by atoms with E-state index in [-0.39, 0.29) is 36.2 Å². The highest BCUT2D eigenvalue weighted by Gasteiger charge is 2.53. The largest absolute Gasteiger partial charge is 0.489 e. The second kappa shape index (κ2) is 11.6. The van der Waals surface area contributed by atoms with Crippen LogP contribution in [0, 0.1) is 5.41 Å². The van der Waals surface area contributed by atoms with Crippen LogP contribution in [-0.2, 0) is 9.53 Å². The van der Waals surface area contributed by atoms with E-state index >= 15 is 0 Å². The van der Waals surface area contributed by atoms with Crippen LogP contribution in [-0.4, -0.2) is 72.1 Å². The summed E-state index contributed by atoms with van der Waals surface area (Å²) in [5.41, 5.74) is -0.211. The Morgan fingerprint density at radius 2 is 1.92 bits per heavy atom. The Bertz CT molecular complexity index is 978. The number of para-hydroxylation sites is 1. The summed E-state index contributed by atoms with van der Waals surface area (Å²) in [7, 11) is 0. The lowest BCUT2D eigenvalue weighted by atomic mass is 9.74. The number of rotatable bonds is 10. The van der Waals surface area contributed by atoms with Crippen LogP contribution < -0.4 is 10.1 Å². The molecule has 1 unspecified atom stereocenters. The smallest absolute Gasteiger partial charge is 0.410 e. The first kappa shape index (κ1) is 27.3. The van der Waals surface area contributed by atoms with E-state index in [4.69, 9.17) is 9.47 Å². The molecule has 0 radical (unpaired) electrons. The Morgan fingerprint density at radius 3 is 2.58 bits per heavy atom. The number of nitrogens with zero attached hydrogens (tertiary/aromatic N) is 2. The Morgan fingerprint density at radius 1 is 1.19 bits per heavy atom. The van der Waals surface area contributed by atoms with E-state index in [1.807, 2.05) is 37.8 Å². The Labute approximate surface area is 214 Å². The van der Waals surface area contributed by atoms with Crippen molar-refractivity contribution in [3.8, 4) is 5.75 Å². The van der Waals surface area contributed by atoms with E-state index in [9.17, 15) is 14.4 Å². The van der Waals surface area contributed by atoms with Crippen molar-refractivity contribution in [2.24, 2.45) is 5.41 Å². The fourth-order valence-electron chi connectivity index (χ4n) is 4.93. The molecule has 1 atom stereocenters. The van der Waals surface area contributed by atoms with E-state index in [2.05, 4.69) is 18.5 Å². The topological polar surface area (TPSA) is 88.2 Å². The minimum absolute atomic E-state index is 0.000498. The van der Waals surface area contributed by atoms with E-state index < -0.39 is 11.7 Å². The van der Waals surface area contributed by atoms with Crippen molar-refractivity contribution in [3.63, 3.8) is 0 Å². The summed E-state index contributed by atoms with van der Waals surface area (Å²) in [6, 6.07) is 7.18. The standard InChI is InChI=1S/C28H39N3O5/c1-6-16-30(26(34)36-27(3,4)5)17-14-24(32)31-19-28(20-31)15-10-13-23(28)29-25(33)21-11-8-9-12-22(21)35-18-7-2/h6-9,11-12,23H,1-2,10,13-20H2,3-5H3,(H,29,33). The van der Waals surface area contributed by atoms with Gasteiger partial charge in [-0.3, -0.25) is 9.59 Å². The Hall–Kier alpha value is -3.29. The first-order valence-electron chi connectivity index (χ1n) is 12.6. The normalized spacial score (nSPS) is 18.2. The van der Waals surface area contributed by atoms with E-state index in [0.29, 0.717) is 37.6 Å². The highest BCUT2D eigenvalue weighted by atomic mass is 16.6. The van der Waals surface area contributed by atoms with Gasteiger partial charge in [-0.05, 0) is 45.7 Å². The molecule has 2 aliphatic rings. The van der Waals surface area contributed by atoms with Gasteiger partial charge in [-0.15, -0.1) is 6.58 Å². The fraction of sp³-hybridized carbons (Fsp3) is 0.536. The molecule has 3 rings (SSSR count). The van der Waals surface area contributed by atoms with E-state index in [1.165, 1.54) is 4.90 Å². The van der Waals surface area contributed by atoms with Gasteiger partial charge in [-0.2, -0.15) is 0 Å². The van der Waals surface area contributed by atoms with Crippen LogP contribution >= 0.6 is 0 Å². The highest BCUT2D eigenvalue weighted by Crippen LogP contribution is 2.46. The lowest BCUT2D eigenvalue weighted by Crippen LogP contribution is -2.65. The van der Waals surface area contributed by atoms with Gasteiger partial charge < -0.3 is 24.6 Å². The summed E-state index contributed by atoms with van der Waals surface area (Å²) in [5.74, 6) is 0.364. The molecule has 1 saturated heterocycles. The van der Waals surface area contributed by atoms with E-state index in [0.717, 1.165) is 19.3 Å². The number of nitrogens with one attached hydrogen (secondary N) is 1. The van der Waals surface area contributed by atoms with Crippen LogP contribution in [0.2, 0.25) is 0 Å². The van der Waals surface area contributed by atoms with Crippen molar-refractivity contribution < 1.29 is 23.9 Å². The number of likely N-dealkylation sites (tertiary alicyclic amines) is 1. The van der Waals surface area contributed by atoms with Gasteiger partial charge in [0.15, 0.2) is 0 Å². The molecule has 3 amide bonds. The van der Waals surface area contributed by atoms with Gasteiger partial charge in [0.25, 0.3) is 5.91 Å². The number of amides is 3. The van der Waals surface area contributed by atoms with Crippen LogP contribution in [0.3, 0.4) is 0 Å². The van der Waals surface area contributed by atoms with Gasteiger partial charge in [-0.1, -0.05) is 37.3 Å². The van der Waals surface area contributed by atoms with Crippen molar-refractivity contribution in [1.29, 1.82) is 0 Å². The monoisotopic (exact) mass is 497 g/mol. The molecule has 1 aliphatic carbocycles. The average molecular weight is 498 g/mol. The van der Waals surface area contributed by atoms with Gasteiger partial charge in [0, 0.05) is 44.1 Å². The van der Waals surface area contributed by atoms with Crippen molar-refractivity contribution >= 4 is 17.9 Å². The van der Waals surface area contributed by atoms with Crippen LogP contribution in [0.15, 0.2) is 49.6 Å². The van der Waals surface area contributed by atoms with Gasteiger partial charge in [0.1, 0.15) is 18.0 Å². The molecule has 196 valence electrons. The highest BCUT2D eigenvalue weighted by molar-refractivity contribution is 5.97. The molecule has 8 nitrogen and oxygen atoms in total. The molecular weight excluding hydrogens is 458 g/mol. The zero-order chi connectivity index (χ0) is 26.3. The fourth-order valence-corrected chi connectivity index (χ4v) is 4.93. The number of hydrogen-bond donors (Lipinski definition) is 1. The molecule has 1 aliphatic heterocycles. The van der Waals surface area contributed by atoms with Gasteiger partial charge in [-0.25, -0.2) is 4.79 Å². The third kappa shape index (κ3) is 6.68. The zero-order valence-corrected chi connectivity index (χ0v) is 21.8. The number of ether oxygens (including phenoxy) is 2. The molecular formula is C28H39N3O5. The zero-order valence-electron chi connectivity index (χ0n) is 21.8. The number of carbonyl (C=O) groups is 3. The number of hydrogen-bond acceptors (Lipinski definition) is 5. The molecule has 1 heterocycles. The molecule has 36 heavy (non-hydrogen) atoms. The van der Waals surface area contributed by atoms with Crippen molar-refractivity contribution in [2.45, 2.75) is 58.1 Å². The lowest BCUT2D eigenvalue weighted by Gasteiger charge is -2.51. The molecule has 0 bridgehead atoms. The van der Waals surface area contributed by atoms with Crippen LogP contribution in [0.1, 0.15) is 56.8 Å². The predicted octanol–water partition coefficient (Wildman–Crippen LogP) is 4.18. The van der Waals surface area contributed by atoms with Crippen molar-refractivity contribution in [3.05, 3.63) is 55.1 Å². The maximum absolute atomic E-state index is 13.1. The molecule has 1 aromatic carbocycles. The second-order valence-electron chi connectivity index (χ2n) is 10.6. The number of carbonyl (C=O) groups excluding carboxylic acids is 3.